The van der Waals surface area contributed by atoms with Gasteiger partial charge in [-0.2, -0.15) is 0 Å². The molecule has 2 aliphatic heterocycles. The van der Waals surface area contributed by atoms with Crippen LogP contribution in [0.1, 0.15) is 42.9 Å². The van der Waals surface area contributed by atoms with Crippen LogP contribution in [0, 0.1) is 12.8 Å². The van der Waals surface area contributed by atoms with Gasteiger partial charge in [-0.15, -0.1) is 0 Å². The quantitative estimate of drug-likeness (QED) is 0.801. The molecule has 118 valence electrons. The van der Waals surface area contributed by atoms with Gasteiger partial charge >= 0.3 is 0 Å². The van der Waals surface area contributed by atoms with E-state index in [-0.39, 0.29) is 6.17 Å². The van der Waals surface area contributed by atoms with Crippen LogP contribution >= 0.6 is 0 Å². The van der Waals surface area contributed by atoms with Gasteiger partial charge in [0, 0.05) is 12.7 Å². The first-order chi connectivity index (χ1) is 10.7. The maximum Gasteiger partial charge on any atom is 0.119 e. The predicted molar refractivity (Wildman–Crippen MR) is 88.7 cm³/mol. The van der Waals surface area contributed by atoms with Gasteiger partial charge in [-0.05, 0) is 44.1 Å². The molecule has 0 spiro atoms. The van der Waals surface area contributed by atoms with E-state index in [4.69, 9.17) is 5.73 Å². The van der Waals surface area contributed by atoms with Crippen molar-refractivity contribution in [2.24, 2.45) is 11.7 Å². The summed E-state index contributed by atoms with van der Waals surface area (Å²) >= 11 is 0. The van der Waals surface area contributed by atoms with Crippen LogP contribution in [0.3, 0.4) is 0 Å². The van der Waals surface area contributed by atoms with Crippen LogP contribution in [0.15, 0.2) is 36.3 Å². The Morgan fingerprint density at radius 2 is 1.91 bits per heavy atom. The third-order valence-corrected chi connectivity index (χ3v) is 5.27. The molecule has 0 bridgehead atoms. The third kappa shape index (κ3) is 2.56. The fourth-order valence-electron chi connectivity index (χ4n) is 3.82. The Kier molecular flexibility index (Phi) is 3.49. The Hall–Kier alpha value is -1.68. The second-order valence-corrected chi connectivity index (χ2v) is 6.99. The highest BCUT2D eigenvalue weighted by Gasteiger charge is 2.38. The molecule has 4 rings (SSSR count). The van der Waals surface area contributed by atoms with E-state index < -0.39 is 0 Å². The lowest BCUT2D eigenvalue weighted by molar-refractivity contribution is 0.254. The molecule has 1 aromatic rings. The number of likely N-dealkylation sites (tertiary alicyclic amines) is 1. The molecule has 4 N–H and O–H groups in total. The minimum Gasteiger partial charge on any atom is -0.382 e. The summed E-state index contributed by atoms with van der Waals surface area (Å²) in [4.78, 5) is 2.47. The molecule has 0 aromatic heterocycles. The molecule has 4 heteroatoms. The second kappa shape index (κ2) is 5.51. The SMILES string of the molecule is Cc1ccc([C@@H]2CCCN2C2=CN[C@@H](C3CC3)[C@H](N)N2)cc1. The Labute approximate surface area is 132 Å². The molecule has 2 heterocycles. The fourth-order valence-corrected chi connectivity index (χ4v) is 3.82. The number of nitrogens with one attached hydrogen (secondary N) is 2. The summed E-state index contributed by atoms with van der Waals surface area (Å²) in [6, 6.07) is 9.81. The summed E-state index contributed by atoms with van der Waals surface area (Å²) in [5.74, 6) is 1.92. The molecule has 1 saturated carbocycles. The van der Waals surface area contributed by atoms with Crippen LogP contribution in [0.25, 0.3) is 0 Å². The van der Waals surface area contributed by atoms with Gasteiger partial charge in [0.1, 0.15) is 5.82 Å². The summed E-state index contributed by atoms with van der Waals surface area (Å²) in [5.41, 5.74) is 9.07. The first-order valence-corrected chi connectivity index (χ1v) is 8.54. The van der Waals surface area contributed by atoms with Crippen molar-refractivity contribution in [3.63, 3.8) is 0 Å². The monoisotopic (exact) mass is 298 g/mol. The second-order valence-electron chi connectivity index (χ2n) is 6.99. The Morgan fingerprint density at radius 3 is 2.59 bits per heavy atom. The van der Waals surface area contributed by atoms with E-state index in [0.29, 0.717) is 12.1 Å². The van der Waals surface area contributed by atoms with Crippen LogP contribution in [0.2, 0.25) is 0 Å². The number of benzene rings is 1. The van der Waals surface area contributed by atoms with Crippen molar-refractivity contribution < 1.29 is 0 Å². The Balaban J connectivity index is 1.52. The van der Waals surface area contributed by atoms with Gasteiger partial charge in [0.05, 0.1) is 18.2 Å². The van der Waals surface area contributed by atoms with E-state index >= 15 is 0 Å². The van der Waals surface area contributed by atoms with Gasteiger partial charge in [-0.3, -0.25) is 0 Å². The third-order valence-electron chi connectivity index (χ3n) is 5.27. The van der Waals surface area contributed by atoms with Gasteiger partial charge in [-0.1, -0.05) is 29.8 Å². The molecule has 0 amide bonds. The zero-order valence-corrected chi connectivity index (χ0v) is 13.3. The molecule has 0 unspecified atom stereocenters. The topological polar surface area (TPSA) is 53.3 Å². The zero-order chi connectivity index (χ0) is 15.1. The highest BCUT2D eigenvalue weighted by atomic mass is 15.3. The van der Waals surface area contributed by atoms with E-state index in [1.165, 1.54) is 36.8 Å². The summed E-state index contributed by atoms with van der Waals surface area (Å²) in [6.45, 7) is 3.24. The molecular formula is C18H26N4. The van der Waals surface area contributed by atoms with Gasteiger partial charge in [0.25, 0.3) is 0 Å². The minimum atomic E-state index is 0.0202. The van der Waals surface area contributed by atoms with Gasteiger partial charge in [0.15, 0.2) is 0 Å². The van der Waals surface area contributed by atoms with Crippen LogP contribution in [0.4, 0.5) is 0 Å². The number of nitrogens with zero attached hydrogens (tertiary/aromatic N) is 1. The number of aryl methyl sites for hydroxylation is 1. The average Bonchev–Trinajstić information content (AvgIpc) is 3.24. The van der Waals surface area contributed by atoms with E-state index in [2.05, 4.69) is 52.9 Å². The maximum absolute atomic E-state index is 6.34. The molecule has 2 fully saturated rings. The molecule has 1 aliphatic carbocycles. The zero-order valence-electron chi connectivity index (χ0n) is 13.3. The molecule has 3 atom stereocenters. The molecule has 1 aromatic carbocycles. The van der Waals surface area contributed by atoms with Gasteiger partial charge < -0.3 is 21.3 Å². The largest absolute Gasteiger partial charge is 0.382 e. The fraction of sp³-hybridized carbons (Fsp3) is 0.556. The summed E-state index contributed by atoms with van der Waals surface area (Å²) in [6.07, 6.45) is 7.24. The van der Waals surface area contributed by atoms with Crippen LogP contribution in [-0.4, -0.2) is 23.7 Å². The first-order valence-electron chi connectivity index (χ1n) is 8.54. The number of rotatable bonds is 3. The molecule has 1 saturated heterocycles. The molecule has 0 radical (unpaired) electrons. The molecular weight excluding hydrogens is 272 g/mol. The lowest BCUT2D eigenvalue weighted by atomic mass is 10.0. The van der Waals surface area contributed by atoms with Gasteiger partial charge in [0.2, 0.25) is 0 Å². The van der Waals surface area contributed by atoms with Crippen LogP contribution < -0.4 is 16.4 Å². The van der Waals surface area contributed by atoms with E-state index in [0.717, 1.165) is 18.3 Å². The average molecular weight is 298 g/mol. The van der Waals surface area contributed by atoms with Crippen molar-refractivity contribution in [2.45, 2.75) is 50.9 Å². The van der Waals surface area contributed by atoms with Crippen LogP contribution in [-0.2, 0) is 0 Å². The predicted octanol–water partition coefficient (Wildman–Crippen LogP) is 2.19. The molecule has 3 aliphatic rings. The Morgan fingerprint density at radius 1 is 1.14 bits per heavy atom. The van der Waals surface area contributed by atoms with Gasteiger partial charge in [-0.25, -0.2) is 0 Å². The summed E-state index contributed by atoms with van der Waals surface area (Å²) in [7, 11) is 0. The van der Waals surface area contributed by atoms with Crippen molar-refractivity contribution in [1.29, 1.82) is 0 Å². The smallest absolute Gasteiger partial charge is 0.119 e. The van der Waals surface area contributed by atoms with E-state index in [1.54, 1.807) is 0 Å². The molecule has 22 heavy (non-hydrogen) atoms. The lowest BCUT2D eigenvalue weighted by Crippen LogP contribution is -2.58. The van der Waals surface area contributed by atoms with Crippen molar-refractivity contribution in [2.75, 3.05) is 6.54 Å². The number of hydrogen-bond acceptors (Lipinski definition) is 4. The molecule has 4 nitrogen and oxygen atoms in total. The summed E-state index contributed by atoms with van der Waals surface area (Å²) in [5, 5.41) is 7.09. The van der Waals surface area contributed by atoms with Crippen LogP contribution in [0.5, 0.6) is 0 Å². The number of hydrogen-bond donors (Lipinski definition) is 3. The van der Waals surface area contributed by atoms with E-state index in [1.807, 2.05) is 0 Å². The van der Waals surface area contributed by atoms with Crippen molar-refractivity contribution in [1.82, 2.24) is 15.5 Å². The standard InChI is InChI=1S/C18H26N4/c1-12-4-6-13(7-5-12)15-3-2-10-22(15)16-11-20-17(14-8-9-14)18(19)21-16/h4-7,11,14-15,17-18,20-21H,2-3,8-10,19H2,1H3/t15-,17-,18+/m0/s1. The Bertz CT molecular complexity index is 561. The van der Waals surface area contributed by atoms with E-state index in [9.17, 15) is 0 Å². The lowest BCUT2D eigenvalue weighted by Gasteiger charge is -2.38. The minimum absolute atomic E-state index is 0.0202. The summed E-state index contributed by atoms with van der Waals surface area (Å²) < 4.78 is 0. The van der Waals surface area contributed by atoms with Crippen molar-refractivity contribution in [3.8, 4) is 0 Å². The highest BCUT2D eigenvalue weighted by Crippen LogP contribution is 2.37. The number of nitrogens with two attached hydrogens (primary N) is 1. The highest BCUT2D eigenvalue weighted by molar-refractivity contribution is 5.26. The first kappa shape index (κ1) is 13.9. The normalized spacial score (nSPS) is 31.5. The maximum atomic E-state index is 6.34. The van der Waals surface area contributed by atoms with Crippen molar-refractivity contribution >= 4 is 0 Å². The van der Waals surface area contributed by atoms with Crippen molar-refractivity contribution in [3.05, 3.63) is 47.4 Å².